The highest BCUT2D eigenvalue weighted by molar-refractivity contribution is 7.99. The van der Waals surface area contributed by atoms with Gasteiger partial charge in [-0.1, -0.05) is 23.7 Å². The van der Waals surface area contributed by atoms with Crippen molar-refractivity contribution < 1.29 is 4.79 Å². The number of hydrogen-bond donors (Lipinski definition) is 0. The van der Waals surface area contributed by atoms with E-state index in [1.54, 1.807) is 39.3 Å². The van der Waals surface area contributed by atoms with E-state index in [2.05, 4.69) is 11.1 Å². The van der Waals surface area contributed by atoms with E-state index < -0.39 is 0 Å². The van der Waals surface area contributed by atoms with Gasteiger partial charge < -0.3 is 4.90 Å². The maximum absolute atomic E-state index is 12.4. The summed E-state index contributed by atoms with van der Waals surface area (Å²) >= 11 is 10.8. The van der Waals surface area contributed by atoms with Gasteiger partial charge in [0, 0.05) is 17.7 Å². The fourth-order valence-corrected chi connectivity index (χ4v) is 5.43. The van der Waals surface area contributed by atoms with Gasteiger partial charge in [0.25, 0.3) is 0 Å². The molecule has 3 aromatic rings. The maximum Gasteiger partial charge on any atom is 0.232 e. The number of thiophene rings is 1. The molecule has 3 rings (SSSR count). The van der Waals surface area contributed by atoms with Gasteiger partial charge in [-0.3, -0.25) is 4.79 Å². The number of hydrogen-bond acceptors (Lipinski definition) is 5. The molecule has 0 fully saturated rings. The topological polar surface area (TPSA) is 33.2 Å². The summed E-state index contributed by atoms with van der Waals surface area (Å²) in [6.45, 7) is 2.03. The molecule has 2 aromatic heterocycles. The number of nitrogens with zero attached hydrogens (tertiary/aromatic N) is 2. The Kier molecular flexibility index (Phi) is 5.81. The third kappa shape index (κ3) is 4.11. The van der Waals surface area contributed by atoms with Gasteiger partial charge in [0.15, 0.2) is 0 Å². The Hall–Kier alpha value is -1.08. The van der Waals surface area contributed by atoms with Crippen LogP contribution in [0, 0.1) is 0 Å². The van der Waals surface area contributed by atoms with Crippen molar-refractivity contribution in [2.45, 2.75) is 18.7 Å². The van der Waals surface area contributed by atoms with E-state index in [4.69, 9.17) is 11.6 Å². The molecule has 0 radical (unpaired) electrons. The lowest BCUT2D eigenvalue weighted by molar-refractivity contribution is -0.128. The summed E-state index contributed by atoms with van der Waals surface area (Å²) in [6, 6.07) is 11.9. The molecule has 126 valence electrons. The number of benzene rings is 1. The quantitative estimate of drug-likeness (QED) is 0.554. The minimum absolute atomic E-state index is 0.0216. The van der Waals surface area contributed by atoms with Crippen LogP contribution in [0.15, 0.2) is 36.4 Å². The minimum Gasteiger partial charge on any atom is -0.336 e. The summed E-state index contributed by atoms with van der Waals surface area (Å²) < 4.78 is 1.95. The summed E-state index contributed by atoms with van der Waals surface area (Å²) in [7, 11) is 1.85. The Balaban J connectivity index is 1.57. The van der Waals surface area contributed by atoms with Crippen molar-refractivity contribution in [3.05, 3.63) is 50.6 Å². The van der Waals surface area contributed by atoms with Gasteiger partial charge in [-0.25, -0.2) is 4.98 Å². The molecule has 0 saturated carbocycles. The molecule has 0 aliphatic rings. The Morgan fingerprint density at radius 1 is 1.29 bits per heavy atom. The highest BCUT2D eigenvalue weighted by Crippen LogP contribution is 2.29. The van der Waals surface area contributed by atoms with Crippen molar-refractivity contribution >= 4 is 62.2 Å². The van der Waals surface area contributed by atoms with E-state index in [1.165, 1.54) is 4.88 Å². The molecule has 3 nitrogen and oxygen atoms in total. The van der Waals surface area contributed by atoms with Crippen LogP contribution in [0.2, 0.25) is 4.34 Å². The molecule has 1 atom stereocenters. The molecule has 0 spiro atoms. The summed E-state index contributed by atoms with van der Waals surface area (Å²) in [6.07, 6.45) is 0. The smallest absolute Gasteiger partial charge is 0.232 e. The third-order valence-corrected chi connectivity index (χ3v) is 7.33. The number of fused-ring (bicyclic) bond motifs is 1. The van der Waals surface area contributed by atoms with Crippen LogP contribution in [-0.2, 0) is 10.5 Å². The number of aromatic nitrogens is 1. The van der Waals surface area contributed by atoms with Crippen molar-refractivity contribution in [2.24, 2.45) is 0 Å². The number of carbonyl (C=O) groups excluding carboxylic acids is 1. The van der Waals surface area contributed by atoms with Crippen LogP contribution in [0.4, 0.5) is 0 Å². The first-order valence-electron chi connectivity index (χ1n) is 7.47. The Morgan fingerprint density at radius 3 is 2.79 bits per heavy atom. The zero-order valence-corrected chi connectivity index (χ0v) is 16.6. The van der Waals surface area contributed by atoms with Gasteiger partial charge in [-0.2, -0.15) is 0 Å². The van der Waals surface area contributed by atoms with Crippen molar-refractivity contribution in [1.82, 2.24) is 9.88 Å². The summed E-state index contributed by atoms with van der Waals surface area (Å²) in [5.41, 5.74) is 0.995. The van der Waals surface area contributed by atoms with E-state index in [-0.39, 0.29) is 11.9 Å². The molecule has 0 saturated heterocycles. The fraction of sp³-hybridized carbons (Fsp3) is 0.294. The van der Waals surface area contributed by atoms with E-state index >= 15 is 0 Å². The normalized spacial score (nSPS) is 12.5. The van der Waals surface area contributed by atoms with Crippen LogP contribution >= 0.6 is 46.0 Å². The maximum atomic E-state index is 12.4. The minimum atomic E-state index is -0.0216. The molecule has 0 aliphatic heterocycles. The molecule has 0 aliphatic carbocycles. The number of rotatable bonds is 6. The molecule has 24 heavy (non-hydrogen) atoms. The van der Waals surface area contributed by atoms with Crippen molar-refractivity contribution in [2.75, 3.05) is 12.8 Å². The van der Waals surface area contributed by atoms with Gasteiger partial charge in [-0.15, -0.1) is 34.4 Å². The van der Waals surface area contributed by atoms with E-state index in [0.29, 0.717) is 5.75 Å². The first kappa shape index (κ1) is 17.7. The average Bonchev–Trinajstić information content (AvgIpc) is 3.19. The van der Waals surface area contributed by atoms with Crippen LogP contribution < -0.4 is 0 Å². The summed E-state index contributed by atoms with van der Waals surface area (Å²) in [5, 5.41) is 0.974. The van der Waals surface area contributed by atoms with Crippen molar-refractivity contribution in [1.29, 1.82) is 0 Å². The van der Waals surface area contributed by atoms with E-state index in [1.807, 2.05) is 44.3 Å². The van der Waals surface area contributed by atoms with Crippen LogP contribution in [-0.4, -0.2) is 28.6 Å². The van der Waals surface area contributed by atoms with Crippen LogP contribution in [0.25, 0.3) is 10.2 Å². The molecule has 1 amide bonds. The number of carbonyl (C=O) groups is 1. The molecular formula is C17H17ClN2OS3. The first-order chi connectivity index (χ1) is 11.5. The first-order valence-corrected chi connectivity index (χ1v) is 10.6. The highest BCUT2D eigenvalue weighted by Gasteiger charge is 2.20. The standard InChI is InChI=1S/C17H17ClN2OS3/c1-11(17-19-13-5-3-4-6-14(13)24-17)20(2)16(21)10-22-9-12-7-8-15(18)23-12/h3-8,11H,9-10H2,1-2H3/t11-/m1/s1. The van der Waals surface area contributed by atoms with Gasteiger partial charge in [0.05, 0.1) is 26.3 Å². The Labute approximate surface area is 158 Å². The average molecular weight is 397 g/mol. The number of halogens is 1. The molecule has 0 bridgehead atoms. The lowest BCUT2D eigenvalue weighted by Crippen LogP contribution is -2.31. The predicted molar refractivity (Wildman–Crippen MR) is 106 cm³/mol. The zero-order valence-electron chi connectivity index (χ0n) is 13.4. The summed E-state index contributed by atoms with van der Waals surface area (Å²) in [5.74, 6) is 1.39. The SMILES string of the molecule is C[C@H](c1nc2ccccc2s1)N(C)C(=O)CSCc1ccc(Cl)s1. The largest absolute Gasteiger partial charge is 0.336 e. The van der Waals surface area contributed by atoms with Crippen LogP contribution in [0.1, 0.15) is 22.9 Å². The molecule has 7 heteroatoms. The van der Waals surface area contributed by atoms with E-state index in [9.17, 15) is 4.79 Å². The van der Waals surface area contributed by atoms with E-state index in [0.717, 1.165) is 25.3 Å². The molecule has 0 N–H and O–H groups in total. The van der Waals surface area contributed by atoms with Crippen LogP contribution in [0.5, 0.6) is 0 Å². The zero-order chi connectivity index (χ0) is 17.1. The second kappa shape index (κ2) is 7.87. The van der Waals surface area contributed by atoms with Crippen LogP contribution in [0.3, 0.4) is 0 Å². The molecular weight excluding hydrogens is 380 g/mol. The second-order valence-corrected chi connectivity index (χ2v) is 9.25. The number of thioether (sulfide) groups is 1. The molecule has 0 unspecified atom stereocenters. The van der Waals surface area contributed by atoms with Gasteiger partial charge >= 0.3 is 0 Å². The van der Waals surface area contributed by atoms with Crippen molar-refractivity contribution in [3.63, 3.8) is 0 Å². The molecule has 2 heterocycles. The van der Waals surface area contributed by atoms with Gasteiger partial charge in [0.1, 0.15) is 5.01 Å². The summed E-state index contributed by atoms with van der Waals surface area (Å²) in [4.78, 5) is 20.1. The Bertz CT molecular complexity index is 812. The number of thiazole rings is 1. The number of para-hydroxylation sites is 1. The predicted octanol–water partition coefficient (Wildman–Crippen LogP) is 5.46. The third-order valence-electron chi connectivity index (χ3n) is 3.74. The van der Waals surface area contributed by atoms with Gasteiger partial charge in [-0.05, 0) is 31.2 Å². The number of amides is 1. The second-order valence-electron chi connectivity index (χ2n) is 5.40. The van der Waals surface area contributed by atoms with Gasteiger partial charge in [0.2, 0.25) is 5.91 Å². The lowest BCUT2D eigenvalue weighted by atomic mass is 10.3. The fourth-order valence-electron chi connectivity index (χ4n) is 2.22. The monoisotopic (exact) mass is 396 g/mol. The highest BCUT2D eigenvalue weighted by atomic mass is 35.5. The van der Waals surface area contributed by atoms with Crippen molar-refractivity contribution in [3.8, 4) is 0 Å². The Morgan fingerprint density at radius 2 is 2.08 bits per heavy atom. The molecule has 1 aromatic carbocycles. The lowest BCUT2D eigenvalue weighted by Gasteiger charge is -2.23.